The predicted octanol–water partition coefficient (Wildman–Crippen LogP) is 3.23. The maximum atomic E-state index is 12.1. The van der Waals surface area contributed by atoms with Crippen LogP contribution in [0.4, 0.5) is 5.69 Å². The molecule has 2 heterocycles. The van der Waals surface area contributed by atoms with Gasteiger partial charge in [-0.2, -0.15) is 0 Å². The van der Waals surface area contributed by atoms with E-state index in [0.717, 1.165) is 27.2 Å². The molecule has 0 bridgehead atoms. The van der Waals surface area contributed by atoms with Crippen molar-refractivity contribution in [3.63, 3.8) is 0 Å². The van der Waals surface area contributed by atoms with E-state index < -0.39 is 0 Å². The summed E-state index contributed by atoms with van der Waals surface area (Å²) >= 11 is 3.02. The molecule has 0 atom stereocenters. The number of hydrogen-bond donors (Lipinski definition) is 1. The Bertz CT molecular complexity index is 838. The van der Waals surface area contributed by atoms with E-state index in [4.69, 9.17) is 0 Å². The fraction of sp³-hybridized carbons (Fsp3) is 0.176. The number of nitrogens with one attached hydrogen (secondary N) is 1. The second-order valence-corrected chi connectivity index (χ2v) is 7.16. The van der Waals surface area contributed by atoms with Crippen LogP contribution in [0.5, 0.6) is 0 Å². The number of carbonyl (C=O) groups is 1. The molecule has 25 heavy (non-hydrogen) atoms. The standard InChI is InChI=1S/C17H17N5OS2/c1-22-12-19-21-17(22)25-11-15(23)20-14-6-4-5-13(9-14)10-24-16-7-2-3-8-18-16/h2-9,12H,10-11H2,1H3,(H,20,23). The van der Waals surface area contributed by atoms with Gasteiger partial charge in [0.25, 0.3) is 0 Å². The van der Waals surface area contributed by atoms with E-state index in [1.54, 1.807) is 28.9 Å². The second kappa shape index (κ2) is 8.68. The molecule has 2 aromatic heterocycles. The molecule has 1 N–H and O–H groups in total. The zero-order chi connectivity index (χ0) is 17.5. The van der Waals surface area contributed by atoms with Gasteiger partial charge in [-0.1, -0.05) is 30.0 Å². The van der Waals surface area contributed by atoms with Gasteiger partial charge in [-0.05, 0) is 29.8 Å². The lowest BCUT2D eigenvalue weighted by Crippen LogP contribution is -2.14. The van der Waals surface area contributed by atoms with Crippen LogP contribution in [0.15, 0.2) is 65.2 Å². The topological polar surface area (TPSA) is 72.7 Å². The molecule has 0 aliphatic rings. The number of thioether (sulfide) groups is 2. The zero-order valence-electron chi connectivity index (χ0n) is 13.6. The maximum absolute atomic E-state index is 12.1. The van der Waals surface area contributed by atoms with Gasteiger partial charge in [-0.15, -0.1) is 22.0 Å². The quantitative estimate of drug-likeness (QED) is 0.643. The van der Waals surface area contributed by atoms with Crippen LogP contribution in [0.3, 0.4) is 0 Å². The van der Waals surface area contributed by atoms with Crippen molar-refractivity contribution >= 4 is 35.1 Å². The Labute approximate surface area is 154 Å². The summed E-state index contributed by atoms with van der Waals surface area (Å²) in [4.78, 5) is 16.4. The van der Waals surface area contributed by atoms with Gasteiger partial charge in [-0.25, -0.2) is 4.98 Å². The fourth-order valence-corrected chi connectivity index (χ4v) is 3.55. The third-order valence-corrected chi connectivity index (χ3v) is 5.29. The highest BCUT2D eigenvalue weighted by atomic mass is 32.2. The summed E-state index contributed by atoms with van der Waals surface area (Å²) in [6.07, 6.45) is 3.40. The summed E-state index contributed by atoms with van der Waals surface area (Å²) < 4.78 is 1.79. The highest BCUT2D eigenvalue weighted by Gasteiger charge is 2.08. The van der Waals surface area contributed by atoms with Gasteiger partial charge >= 0.3 is 0 Å². The molecule has 0 aliphatic carbocycles. The van der Waals surface area contributed by atoms with E-state index in [2.05, 4.69) is 20.5 Å². The van der Waals surface area contributed by atoms with Gasteiger partial charge < -0.3 is 9.88 Å². The van der Waals surface area contributed by atoms with Crippen molar-refractivity contribution in [3.05, 3.63) is 60.6 Å². The van der Waals surface area contributed by atoms with Crippen LogP contribution < -0.4 is 5.32 Å². The highest BCUT2D eigenvalue weighted by Crippen LogP contribution is 2.22. The number of hydrogen-bond acceptors (Lipinski definition) is 6. The van der Waals surface area contributed by atoms with E-state index in [1.165, 1.54) is 11.8 Å². The van der Waals surface area contributed by atoms with Crippen molar-refractivity contribution in [1.82, 2.24) is 19.7 Å². The van der Waals surface area contributed by atoms with Crippen molar-refractivity contribution in [1.29, 1.82) is 0 Å². The van der Waals surface area contributed by atoms with Gasteiger partial charge in [-0.3, -0.25) is 4.79 Å². The zero-order valence-corrected chi connectivity index (χ0v) is 15.3. The fourth-order valence-electron chi connectivity index (χ4n) is 2.06. The van der Waals surface area contributed by atoms with Gasteiger partial charge in [0.15, 0.2) is 5.16 Å². The van der Waals surface area contributed by atoms with Crippen molar-refractivity contribution in [2.24, 2.45) is 7.05 Å². The summed E-state index contributed by atoms with van der Waals surface area (Å²) in [6.45, 7) is 0. The predicted molar refractivity (Wildman–Crippen MR) is 101 cm³/mol. The largest absolute Gasteiger partial charge is 0.325 e. The lowest BCUT2D eigenvalue weighted by Gasteiger charge is -2.07. The monoisotopic (exact) mass is 371 g/mol. The number of carbonyl (C=O) groups excluding carboxylic acids is 1. The molecule has 0 fully saturated rings. The van der Waals surface area contributed by atoms with E-state index in [9.17, 15) is 4.79 Å². The lowest BCUT2D eigenvalue weighted by molar-refractivity contribution is -0.113. The summed E-state index contributed by atoms with van der Waals surface area (Å²) in [7, 11) is 1.85. The molecule has 0 aliphatic heterocycles. The van der Waals surface area contributed by atoms with Crippen LogP contribution in [0.2, 0.25) is 0 Å². The second-order valence-electron chi connectivity index (χ2n) is 5.22. The Kier molecular flexibility index (Phi) is 6.08. The van der Waals surface area contributed by atoms with E-state index in [1.807, 2.05) is 49.5 Å². The van der Waals surface area contributed by atoms with Gasteiger partial charge in [0.1, 0.15) is 6.33 Å². The number of amides is 1. The molecular weight excluding hydrogens is 354 g/mol. The van der Waals surface area contributed by atoms with Gasteiger partial charge in [0.2, 0.25) is 5.91 Å². The molecule has 128 valence electrons. The van der Waals surface area contributed by atoms with Crippen LogP contribution >= 0.6 is 23.5 Å². The van der Waals surface area contributed by atoms with Crippen molar-refractivity contribution in [2.45, 2.75) is 15.9 Å². The molecule has 0 saturated heterocycles. The minimum atomic E-state index is -0.0671. The summed E-state index contributed by atoms with van der Waals surface area (Å²) in [5, 5.41) is 12.4. The molecule has 8 heteroatoms. The average Bonchev–Trinajstić information content (AvgIpc) is 3.04. The first-order chi connectivity index (χ1) is 12.2. The third kappa shape index (κ3) is 5.33. The molecular formula is C17H17N5OS2. The maximum Gasteiger partial charge on any atom is 0.234 e. The molecule has 3 aromatic rings. The highest BCUT2D eigenvalue weighted by molar-refractivity contribution is 7.99. The van der Waals surface area contributed by atoms with E-state index in [-0.39, 0.29) is 5.91 Å². The minimum Gasteiger partial charge on any atom is -0.325 e. The Hall–Kier alpha value is -2.32. The molecule has 0 spiro atoms. The third-order valence-electron chi connectivity index (χ3n) is 3.24. The van der Waals surface area contributed by atoms with Crippen LogP contribution in [0.25, 0.3) is 0 Å². The van der Waals surface area contributed by atoms with Crippen molar-refractivity contribution < 1.29 is 4.79 Å². The smallest absolute Gasteiger partial charge is 0.234 e. The SMILES string of the molecule is Cn1cnnc1SCC(=O)Nc1cccc(CSc2ccccn2)c1. The number of aromatic nitrogens is 4. The number of nitrogens with zero attached hydrogens (tertiary/aromatic N) is 4. The average molecular weight is 371 g/mol. The summed E-state index contributed by atoms with van der Waals surface area (Å²) in [5.41, 5.74) is 1.93. The minimum absolute atomic E-state index is 0.0671. The first-order valence-electron chi connectivity index (χ1n) is 7.60. The van der Waals surface area contributed by atoms with E-state index in [0.29, 0.717) is 5.75 Å². The summed E-state index contributed by atoms with van der Waals surface area (Å²) in [5.74, 6) is 1.02. The van der Waals surface area contributed by atoms with Crippen LogP contribution in [-0.2, 0) is 17.6 Å². The Morgan fingerprint density at radius 2 is 2.12 bits per heavy atom. The van der Waals surface area contributed by atoms with Crippen molar-refractivity contribution in [2.75, 3.05) is 11.1 Å². The Morgan fingerprint density at radius 3 is 2.88 bits per heavy atom. The molecule has 3 rings (SSSR count). The number of benzene rings is 1. The lowest BCUT2D eigenvalue weighted by atomic mass is 10.2. The molecule has 1 aromatic carbocycles. The first kappa shape index (κ1) is 17.5. The van der Waals surface area contributed by atoms with Crippen LogP contribution in [-0.4, -0.2) is 31.4 Å². The normalized spacial score (nSPS) is 10.6. The van der Waals surface area contributed by atoms with Crippen LogP contribution in [0.1, 0.15) is 5.56 Å². The molecule has 0 saturated carbocycles. The van der Waals surface area contributed by atoms with Gasteiger partial charge in [0.05, 0.1) is 10.8 Å². The van der Waals surface area contributed by atoms with Crippen LogP contribution in [0, 0.1) is 0 Å². The first-order valence-corrected chi connectivity index (χ1v) is 9.57. The van der Waals surface area contributed by atoms with Gasteiger partial charge in [0, 0.05) is 24.7 Å². The number of rotatable bonds is 7. The molecule has 6 nitrogen and oxygen atoms in total. The molecule has 1 amide bonds. The summed E-state index contributed by atoms with van der Waals surface area (Å²) in [6, 6.07) is 13.7. The van der Waals surface area contributed by atoms with E-state index >= 15 is 0 Å². The number of aryl methyl sites for hydroxylation is 1. The number of pyridine rings is 1. The van der Waals surface area contributed by atoms with Crippen molar-refractivity contribution in [3.8, 4) is 0 Å². The Balaban J connectivity index is 1.52. The number of anilines is 1. The Morgan fingerprint density at radius 1 is 1.20 bits per heavy atom. The molecule has 0 unspecified atom stereocenters. The molecule has 0 radical (unpaired) electrons.